The summed E-state index contributed by atoms with van der Waals surface area (Å²) in [6, 6.07) is 5.12. The SMILES string of the molecule is NCCc1cc(-c2ccc(F)cc2F)n[nH]1. The molecule has 0 aliphatic heterocycles. The van der Waals surface area contributed by atoms with Crippen molar-refractivity contribution >= 4 is 0 Å². The van der Waals surface area contributed by atoms with Crippen LogP contribution >= 0.6 is 0 Å². The molecule has 3 nitrogen and oxygen atoms in total. The highest BCUT2D eigenvalue weighted by Crippen LogP contribution is 2.22. The van der Waals surface area contributed by atoms with E-state index in [2.05, 4.69) is 10.2 Å². The molecule has 3 N–H and O–H groups in total. The Hall–Kier alpha value is -1.75. The number of aromatic amines is 1. The Balaban J connectivity index is 2.35. The summed E-state index contributed by atoms with van der Waals surface area (Å²) in [5.41, 5.74) is 6.96. The third-order valence-corrected chi connectivity index (χ3v) is 2.25. The minimum absolute atomic E-state index is 0.279. The molecule has 2 rings (SSSR count). The molecule has 0 amide bonds. The lowest BCUT2D eigenvalue weighted by Crippen LogP contribution is -2.02. The van der Waals surface area contributed by atoms with Crippen molar-refractivity contribution < 1.29 is 8.78 Å². The molecule has 5 heteroatoms. The van der Waals surface area contributed by atoms with Crippen LogP contribution in [0.5, 0.6) is 0 Å². The van der Waals surface area contributed by atoms with E-state index >= 15 is 0 Å². The molecule has 1 aromatic heterocycles. The molecule has 0 radical (unpaired) electrons. The van der Waals surface area contributed by atoms with Gasteiger partial charge in [0, 0.05) is 23.7 Å². The predicted molar refractivity (Wildman–Crippen MR) is 56.7 cm³/mol. The fourth-order valence-corrected chi connectivity index (χ4v) is 1.48. The van der Waals surface area contributed by atoms with Crippen LogP contribution in [0.25, 0.3) is 11.3 Å². The maximum Gasteiger partial charge on any atom is 0.135 e. The largest absolute Gasteiger partial charge is 0.330 e. The summed E-state index contributed by atoms with van der Waals surface area (Å²) in [6.07, 6.45) is 0.649. The van der Waals surface area contributed by atoms with Crippen molar-refractivity contribution in [3.05, 3.63) is 41.6 Å². The number of nitrogens with two attached hydrogens (primary N) is 1. The van der Waals surface area contributed by atoms with E-state index in [0.717, 1.165) is 11.8 Å². The van der Waals surface area contributed by atoms with Gasteiger partial charge in [0.05, 0.1) is 5.69 Å². The van der Waals surface area contributed by atoms with Gasteiger partial charge in [-0.3, -0.25) is 5.10 Å². The molecule has 0 atom stereocenters. The molecule has 16 heavy (non-hydrogen) atoms. The minimum Gasteiger partial charge on any atom is -0.330 e. The van der Waals surface area contributed by atoms with Gasteiger partial charge in [-0.15, -0.1) is 0 Å². The Morgan fingerprint density at radius 1 is 1.25 bits per heavy atom. The van der Waals surface area contributed by atoms with Crippen LogP contribution in [0.3, 0.4) is 0 Å². The monoisotopic (exact) mass is 223 g/mol. The van der Waals surface area contributed by atoms with Crippen molar-refractivity contribution in [2.75, 3.05) is 6.54 Å². The number of hydrogen-bond donors (Lipinski definition) is 2. The van der Waals surface area contributed by atoms with Gasteiger partial charge in [-0.05, 0) is 24.7 Å². The summed E-state index contributed by atoms with van der Waals surface area (Å²) >= 11 is 0. The minimum atomic E-state index is -0.620. The molecular formula is C11H11F2N3. The Morgan fingerprint density at radius 2 is 2.06 bits per heavy atom. The van der Waals surface area contributed by atoms with Gasteiger partial charge >= 0.3 is 0 Å². The first-order valence-corrected chi connectivity index (χ1v) is 4.90. The Morgan fingerprint density at radius 3 is 2.75 bits per heavy atom. The molecule has 0 fully saturated rings. The fourth-order valence-electron chi connectivity index (χ4n) is 1.48. The highest BCUT2D eigenvalue weighted by Gasteiger charge is 2.09. The normalized spacial score (nSPS) is 10.7. The summed E-state index contributed by atoms with van der Waals surface area (Å²) in [7, 11) is 0. The maximum absolute atomic E-state index is 13.4. The zero-order valence-corrected chi connectivity index (χ0v) is 8.50. The number of benzene rings is 1. The second-order valence-corrected chi connectivity index (χ2v) is 3.44. The van der Waals surface area contributed by atoms with Gasteiger partial charge in [0.25, 0.3) is 0 Å². The lowest BCUT2D eigenvalue weighted by Gasteiger charge is -1.98. The summed E-state index contributed by atoms with van der Waals surface area (Å²) in [5.74, 6) is -1.22. The molecule has 84 valence electrons. The number of rotatable bonds is 3. The second-order valence-electron chi connectivity index (χ2n) is 3.44. The van der Waals surface area contributed by atoms with Gasteiger partial charge in [-0.25, -0.2) is 8.78 Å². The second kappa shape index (κ2) is 4.40. The number of hydrogen-bond acceptors (Lipinski definition) is 2. The average Bonchev–Trinajstić information content (AvgIpc) is 2.67. The van der Waals surface area contributed by atoms with Crippen LogP contribution in [0.1, 0.15) is 5.69 Å². The third-order valence-electron chi connectivity index (χ3n) is 2.25. The van der Waals surface area contributed by atoms with Crippen LogP contribution in [0, 0.1) is 11.6 Å². The first-order valence-electron chi connectivity index (χ1n) is 4.90. The van der Waals surface area contributed by atoms with Crippen LogP contribution < -0.4 is 5.73 Å². The van der Waals surface area contributed by atoms with Crippen LogP contribution in [-0.4, -0.2) is 16.7 Å². The molecule has 0 aliphatic rings. The van der Waals surface area contributed by atoms with Gasteiger partial charge in [0.1, 0.15) is 11.6 Å². The first kappa shape index (κ1) is 10.8. The summed E-state index contributed by atoms with van der Waals surface area (Å²) in [6.45, 7) is 0.494. The zero-order chi connectivity index (χ0) is 11.5. The van der Waals surface area contributed by atoms with Crippen molar-refractivity contribution in [1.82, 2.24) is 10.2 Å². The molecule has 1 heterocycles. The van der Waals surface area contributed by atoms with Crippen LogP contribution in [0.15, 0.2) is 24.3 Å². The van der Waals surface area contributed by atoms with E-state index in [0.29, 0.717) is 18.7 Å². The van der Waals surface area contributed by atoms with Gasteiger partial charge in [0.15, 0.2) is 0 Å². The number of nitrogens with zero attached hydrogens (tertiary/aromatic N) is 1. The fraction of sp³-hybridized carbons (Fsp3) is 0.182. The molecule has 1 aromatic carbocycles. The number of H-pyrrole nitrogens is 1. The third kappa shape index (κ3) is 2.09. The van der Waals surface area contributed by atoms with E-state index < -0.39 is 11.6 Å². The van der Waals surface area contributed by atoms with Crippen LogP contribution in [0.2, 0.25) is 0 Å². The zero-order valence-electron chi connectivity index (χ0n) is 8.50. The van der Waals surface area contributed by atoms with E-state index in [1.165, 1.54) is 12.1 Å². The topological polar surface area (TPSA) is 54.7 Å². The van der Waals surface area contributed by atoms with E-state index in [9.17, 15) is 8.78 Å². The van der Waals surface area contributed by atoms with Gasteiger partial charge in [-0.1, -0.05) is 0 Å². The van der Waals surface area contributed by atoms with Crippen molar-refractivity contribution in [3.8, 4) is 11.3 Å². The van der Waals surface area contributed by atoms with Crippen LogP contribution in [0.4, 0.5) is 8.78 Å². The number of halogens is 2. The van der Waals surface area contributed by atoms with E-state index in [-0.39, 0.29) is 5.56 Å². The Kier molecular flexibility index (Phi) is 2.96. The maximum atomic E-state index is 13.4. The van der Waals surface area contributed by atoms with Gasteiger partial charge < -0.3 is 5.73 Å². The van der Waals surface area contributed by atoms with E-state index in [1.54, 1.807) is 6.07 Å². The van der Waals surface area contributed by atoms with Crippen LogP contribution in [-0.2, 0) is 6.42 Å². The first-order chi connectivity index (χ1) is 7.70. The molecule has 2 aromatic rings. The molecule has 0 saturated carbocycles. The molecule has 0 aliphatic carbocycles. The molecule has 0 unspecified atom stereocenters. The standard InChI is InChI=1S/C11H11F2N3/c12-7-1-2-9(10(13)5-7)11-6-8(3-4-14)15-16-11/h1-2,5-6H,3-4,14H2,(H,15,16). The predicted octanol–water partition coefficient (Wildman–Crippen LogP) is 1.86. The Bertz CT molecular complexity index is 494. The molecule has 0 saturated heterocycles. The van der Waals surface area contributed by atoms with E-state index in [1.807, 2.05) is 0 Å². The highest BCUT2D eigenvalue weighted by atomic mass is 19.1. The highest BCUT2D eigenvalue weighted by molar-refractivity contribution is 5.60. The Labute approximate surface area is 91.3 Å². The summed E-state index contributed by atoms with van der Waals surface area (Å²) < 4.78 is 26.1. The summed E-state index contributed by atoms with van der Waals surface area (Å²) in [5, 5.41) is 6.71. The number of aromatic nitrogens is 2. The van der Waals surface area contributed by atoms with Crippen molar-refractivity contribution in [2.24, 2.45) is 5.73 Å². The van der Waals surface area contributed by atoms with Crippen molar-refractivity contribution in [2.45, 2.75) is 6.42 Å². The molecule has 0 bridgehead atoms. The van der Waals surface area contributed by atoms with Gasteiger partial charge in [-0.2, -0.15) is 5.10 Å². The van der Waals surface area contributed by atoms with Crippen molar-refractivity contribution in [1.29, 1.82) is 0 Å². The van der Waals surface area contributed by atoms with E-state index in [4.69, 9.17) is 5.73 Å². The average molecular weight is 223 g/mol. The molecule has 0 spiro atoms. The van der Waals surface area contributed by atoms with Gasteiger partial charge in [0.2, 0.25) is 0 Å². The lowest BCUT2D eigenvalue weighted by atomic mass is 10.1. The van der Waals surface area contributed by atoms with Crippen molar-refractivity contribution in [3.63, 3.8) is 0 Å². The smallest absolute Gasteiger partial charge is 0.135 e. The molecular weight excluding hydrogens is 212 g/mol. The quantitative estimate of drug-likeness (QED) is 0.834. The number of nitrogens with one attached hydrogen (secondary N) is 1. The summed E-state index contributed by atoms with van der Waals surface area (Å²) in [4.78, 5) is 0. The lowest BCUT2D eigenvalue weighted by molar-refractivity contribution is 0.585.